The van der Waals surface area contributed by atoms with Gasteiger partial charge in [-0.25, -0.2) is 9.97 Å². The molecule has 1 unspecified atom stereocenters. The summed E-state index contributed by atoms with van der Waals surface area (Å²) < 4.78 is 2.28. The van der Waals surface area contributed by atoms with Crippen LogP contribution in [0.1, 0.15) is 35.8 Å². The van der Waals surface area contributed by atoms with Crippen LogP contribution in [0.25, 0.3) is 0 Å². The van der Waals surface area contributed by atoms with E-state index in [9.17, 15) is 0 Å². The second kappa shape index (κ2) is 7.05. The molecule has 1 fully saturated rings. The quantitative estimate of drug-likeness (QED) is 0.734. The van der Waals surface area contributed by atoms with Crippen LogP contribution in [0.3, 0.4) is 0 Å². The number of hydrogen-bond acceptors (Lipinski definition) is 4. The fourth-order valence-corrected chi connectivity index (χ4v) is 3.69. The molecule has 1 aliphatic rings. The maximum Gasteiger partial charge on any atom is 0.150 e. The van der Waals surface area contributed by atoms with Gasteiger partial charge in [-0.2, -0.15) is 0 Å². The number of piperidine rings is 1. The third-order valence-electron chi connectivity index (χ3n) is 4.88. The molecule has 0 radical (unpaired) electrons. The Bertz CT molecular complexity index is 827. The summed E-state index contributed by atoms with van der Waals surface area (Å²) in [7, 11) is 0. The number of rotatable bonds is 4. The van der Waals surface area contributed by atoms with E-state index in [1.54, 1.807) is 12.4 Å². The van der Waals surface area contributed by atoms with Crippen LogP contribution in [0, 0.1) is 6.92 Å². The number of nitrogens with zero attached hydrogens (tertiary/aromatic N) is 5. The van der Waals surface area contributed by atoms with Crippen molar-refractivity contribution in [3.8, 4) is 0 Å². The van der Waals surface area contributed by atoms with E-state index in [1.165, 1.54) is 17.8 Å². The molecule has 0 aliphatic carbocycles. The van der Waals surface area contributed by atoms with Crippen molar-refractivity contribution in [2.75, 3.05) is 18.0 Å². The highest BCUT2D eigenvalue weighted by molar-refractivity contribution is 5.43. The standard InChI is InChI=1S/C20H23N5/c1-16-19(22-10-9-21-16)24-12-5-8-18(15-24)20-23-11-13-25(20)14-17-6-3-2-4-7-17/h2-4,6-7,9-11,13,18H,5,8,12,14-15H2,1H3. The highest BCUT2D eigenvalue weighted by atomic mass is 15.2. The summed E-state index contributed by atoms with van der Waals surface area (Å²) in [5, 5.41) is 0. The number of benzene rings is 1. The molecular formula is C20H23N5. The average Bonchev–Trinajstić information content (AvgIpc) is 3.11. The SMILES string of the molecule is Cc1nccnc1N1CCCC(c2nccn2Cc2ccccc2)C1. The van der Waals surface area contributed by atoms with Crippen LogP contribution >= 0.6 is 0 Å². The first-order valence-corrected chi connectivity index (χ1v) is 8.89. The van der Waals surface area contributed by atoms with Gasteiger partial charge in [-0.05, 0) is 25.3 Å². The average molecular weight is 333 g/mol. The first-order valence-electron chi connectivity index (χ1n) is 8.89. The summed E-state index contributed by atoms with van der Waals surface area (Å²) >= 11 is 0. The van der Waals surface area contributed by atoms with Gasteiger partial charge in [0.15, 0.2) is 0 Å². The Morgan fingerprint density at radius 1 is 1.04 bits per heavy atom. The van der Waals surface area contributed by atoms with Crippen LogP contribution < -0.4 is 4.90 Å². The minimum Gasteiger partial charge on any atom is -0.354 e. The smallest absolute Gasteiger partial charge is 0.150 e. The highest BCUT2D eigenvalue weighted by Crippen LogP contribution is 2.29. The molecule has 4 rings (SSSR count). The van der Waals surface area contributed by atoms with Gasteiger partial charge in [-0.1, -0.05) is 30.3 Å². The number of imidazole rings is 1. The van der Waals surface area contributed by atoms with E-state index >= 15 is 0 Å². The molecule has 1 aliphatic heterocycles. The lowest BCUT2D eigenvalue weighted by Crippen LogP contribution is -2.36. The first-order chi connectivity index (χ1) is 12.3. The van der Waals surface area contributed by atoms with Crippen molar-refractivity contribution >= 4 is 5.82 Å². The summed E-state index contributed by atoms with van der Waals surface area (Å²) in [4.78, 5) is 16.0. The van der Waals surface area contributed by atoms with Gasteiger partial charge in [-0.3, -0.25) is 4.98 Å². The van der Waals surface area contributed by atoms with E-state index in [4.69, 9.17) is 0 Å². The van der Waals surface area contributed by atoms with E-state index < -0.39 is 0 Å². The summed E-state index contributed by atoms with van der Waals surface area (Å²) in [5.74, 6) is 2.61. The predicted octanol–water partition coefficient (Wildman–Crippen LogP) is 3.41. The van der Waals surface area contributed by atoms with Crippen molar-refractivity contribution in [3.05, 3.63) is 72.2 Å². The van der Waals surface area contributed by atoms with Crippen LogP contribution in [0.2, 0.25) is 0 Å². The van der Waals surface area contributed by atoms with Gasteiger partial charge in [0.05, 0.1) is 5.69 Å². The minimum atomic E-state index is 0.425. The van der Waals surface area contributed by atoms with Crippen molar-refractivity contribution in [1.82, 2.24) is 19.5 Å². The molecule has 3 heterocycles. The molecule has 0 N–H and O–H groups in total. The van der Waals surface area contributed by atoms with E-state index in [1.807, 2.05) is 13.1 Å². The normalized spacial score (nSPS) is 17.6. The zero-order valence-corrected chi connectivity index (χ0v) is 14.5. The maximum atomic E-state index is 4.69. The molecule has 1 saturated heterocycles. The van der Waals surface area contributed by atoms with Gasteiger partial charge < -0.3 is 9.47 Å². The number of anilines is 1. The van der Waals surface area contributed by atoms with Gasteiger partial charge in [0.1, 0.15) is 11.6 Å². The Morgan fingerprint density at radius 2 is 1.88 bits per heavy atom. The third-order valence-corrected chi connectivity index (χ3v) is 4.88. The van der Waals surface area contributed by atoms with Gasteiger partial charge in [0.2, 0.25) is 0 Å². The maximum absolute atomic E-state index is 4.69. The largest absolute Gasteiger partial charge is 0.354 e. The van der Waals surface area contributed by atoms with Gasteiger partial charge in [0, 0.05) is 50.3 Å². The Balaban J connectivity index is 1.54. The Labute approximate surface area is 148 Å². The molecule has 128 valence electrons. The molecule has 5 nitrogen and oxygen atoms in total. The third kappa shape index (κ3) is 3.40. The topological polar surface area (TPSA) is 46.8 Å². The zero-order valence-electron chi connectivity index (χ0n) is 14.5. The highest BCUT2D eigenvalue weighted by Gasteiger charge is 2.26. The van der Waals surface area contributed by atoms with Crippen molar-refractivity contribution in [2.24, 2.45) is 0 Å². The molecule has 0 amide bonds. The predicted molar refractivity (Wildman–Crippen MR) is 98.7 cm³/mol. The molecule has 1 aromatic carbocycles. The fourth-order valence-electron chi connectivity index (χ4n) is 3.69. The molecule has 25 heavy (non-hydrogen) atoms. The van der Waals surface area contributed by atoms with E-state index in [0.717, 1.165) is 37.6 Å². The van der Waals surface area contributed by atoms with Crippen molar-refractivity contribution < 1.29 is 0 Å². The fraction of sp³-hybridized carbons (Fsp3) is 0.350. The zero-order chi connectivity index (χ0) is 17.1. The summed E-state index contributed by atoms with van der Waals surface area (Å²) in [6.45, 7) is 4.89. The van der Waals surface area contributed by atoms with Crippen molar-refractivity contribution in [1.29, 1.82) is 0 Å². The molecule has 3 aromatic rings. The van der Waals surface area contributed by atoms with E-state index in [2.05, 4.69) is 60.9 Å². The van der Waals surface area contributed by atoms with E-state index in [0.29, 0.717) is 5.92 Å². The monoisotopic (exact) mass is 333 g/mol. The van der Waals surface area contributed by atoms with Crippen LogP contribution in [0.4, 0.5) is 5.82 Å². The summed E-state index contributed by atoms with van der Waals surface area (Å²) in [6.07, 6.45) is 9.87. The second-order valence-corrected chi connectivity index (χ2v) is 6.65. The summed E-state index contributed by atoms with van der Waals surface area (Å²) in [5.41, 5.74) is 2.30. The molecule has 1 atom stereocenters. The molecular weight excluding hydrogens is 310 g/mol. The van der Waals surface area contributed by atoms with Crippen molar-refractivity contribution in [2.45, 2.75) is 32.2 Å². The minimum absolute atomic E-state index is 0.425. The van der Waals surface area contributed by atoms with Crippen LogP contribution in [-0.4, -0.2) is 32.6 Å². The molecule has 0 saturated carbocycles. The number of hydrogen-bond donors (Lipinski definition) is 0. The van der Waals surface area contributed by atoms with Gasteiger partial charge in [-0.15, -0.1) is 0 Å². The Morgan fingerprint density at radius 3 is 2.72 bits per heavy atom. The summed E-state index contributed by atoms with van der Waals surface area (Å²) in [6, 6.07) is 10.6. The first kappa shape index (κ1) is 15.8. The lowest BCUT2D eigenvalue weighted by atomic mass is 9.97. The van der Waals surface area contributed by atoms with Gasteiger partial charge in [0.25, 0.3) is 0 Å². The van der Waals surface area contributed by atoms with Crippen LogP contribution in [0.5, 0.6) is 0 Å². The molecule has 0 spiro atoms. The lowest BCUT2D eigenvalue weighted by Gasteiger charge is -2.34. The Kier molecular flexibility index (Phi) is 4.46. The molecule has 5 heteroatoms. The lowest BCUT2D eigenvalue weighted by molar-refractivity contribution is 0.473. The van der Waals surface area contributed by atoms with Crippen molar-refractivity contribution in [3.63, 3.8) is 0 Å². The Hall–Kier alpha value is -2.69. The molecule has 2 aromatic heterocycles. The number of aryl methyl sites for hydroxylation is 1. The van der Waals surface area contributed by atoms with Crippen LogP contribution in [-0.2, 0) is 6.54 Å². The number of aromatic nitrogens is 4. The second-order valence-electron chi connectivity index (χ2n) is 6.65. The van der Waals surface area contributed by atoms with E-state index in [-0.39, 0.29) is 0 Å². The van der Waals surface area contributed by atoms with Gasteiger partial charge >= 0.3 is 0 Å². The molecule has 0 bridgehead atoms. The van der Waals surface area contributed by atoms with Crippen LogP contribution in [0.15, 0.2) is 55.1 Å².